The van der Waals surface area contributed by atoms with Crippen LogP contribution in [0.2, 0.25) is 5.02 Å². The molecule has 2 aromatic heterocycles. The highest BCUT2D eigenvalue weighted by Gasteiger charge is 2.17. The Bertz CT molecular complexity index is 1430. The lowest BCUT2D eigenvalue weighted by Gasteiger charge is -2.12. The summed E-state index contributed by atoms with van der Waals surface area (Å²) in [6.07, 6.45) is 0. The number of carbonyl (C=O) groups is 1. The molecule has 7 nitrogen and oxygen atoms in total. The van der Waals surface area contributed by atoms with Crippen molar-refractivity contribution in [2.24, 2.45) is 0 Å². The number of carbonyl (C=O) groups excluding carboxylic acids is 1. The highest BCUT2D eigenvalue weighted by atomic mass is 35.5. The Morgan fingerprint density at radius 3 is 2.60 bits per heavy atom. The zero-order valence-electron chi connectivity index (χ0n) is 16.0. The number of H-pyrrole nitrogens is 1. The summed E-state index contributed by atoms with van der Waals surface area (Å²) in [6.45, 7) is 3.04. The minimum Gasteiger partial charge on any atom is -0.326 e. The van der Waals surface area contributed by atoms with Gasteiger partial charge in [-0.25, -0.2) is 9.07 Å². The number of rotatable bonds is 3. The second kappa shape index (κ2) is 7.31. The van der Waals surface area contributed by atoms with Crippen molar-refractivity contribution in [2.45, 2.75) is 13.8 Å². The monoisotopic (exact) mass is 426 g/mol. The van der Waals surface area contributed by atoms with E-state index in [2.05, 4.69) is 10.4 Å². The SMILES string of the molecule is CC(=O)Nc1cccc(-n2c(C)c3c(=O)n(-c4ccc(F)cc4Cl)[nH]c3cc2=O)c1. The van der Waals surface area contributed by atoms with Gasteiger partial charge in [0.15, 0.2) is 0 Å². The molecule has 0 aliphatic heterocycles. The van der Waals surface area contributed by atoms with Crippen molar-refractivity contribution in [1.29, 1.82) is 0 Å². The molecule has 2 heterocycles. The van der Waals surface area contributed by atoms with Crippen LogP contribution in [-0.4, -0.2) is 20.3 Å². The number of anilines is 1. The van der Waals surface area contributed by atoms with Gasteiger partial charge < -0.3 is 5.32 Å². The first-order valence-electron chi connectivity index (χ1n) is 8.97. The van der Waals surface area contributed by atoms with Crippen LogP contribution < -0.4 is 16.4 Å². The number of aryl methyl sites for hydroxylation is 1. The van der Waals surface area contributed by atoms with E-state index in [0.717, 1.165) is 6.07 Å². The van der Waals surface area contributed by atoms with Gasteiger partial charge in [-0.05, 0) is 43.3 Å². The third-order valence-electron chi connectivity index (χ3n) is 4.68. The summed E-state index contributed by atoms with van der Waals surface area (Å²) >= 11 is 6.10. The van der Waals surface area contributed by atoms with Crippen LogP contribution in [0.1, 0.15) is 12.6 Å². The van der Waals surface area contributed by atoms with E-state index in [1.807, 2.05) is 0 Å². The van der Waals surface area contributed by atoms with Gasteiger partial charge in [0.2, 0.25) is 5.91 Å². The average molecular weight is 427 g/mol. The van der Waals surface area contributed by atoms with Gasteiger partial charge in [0.25, 0.3) is 11.1 Å². The maximum absolute atomic E-state index is 13.4. The Kier molecular flexibility index (Phi) is 4.79. The van der Waals surface area contributed by atoms with E-state index >= 15 is 0 Å². The van der Waals surface area contributed by atoms with Crippen LogP contribution in [-0.2, 0) is 4.79 Å². The number of fused-ring (bicyclic) bond motifs is 1. The second-order valence-electron chi connectivity index (χ2n) is 6.77. The van der Waals surface area contributed by atoms with Gasteiger partial charge in [-0.3, -0.25) is 24.0 Å². The lowest BCUT2D eigenvalue weighted by atomic mass is 10.2. The number of hydrogen-bond donors (Lipinski definition) is 2. The van der Waals surface area contributed by atoms with Crippen molar-refractivity contribution < 1.29 is 9.18 Å². The lowest BCUT2D eigenvalue weighted by Crippen LogP contribution is -2.22. The number of nitrogens with zero attached hydrogens (tertiary/aromatic N) is 2. The van der Waals surface area contributed by atoms with Crippen molar-refractivity contribution in [1.82, 2.24) is 14.3 Å². The molecule has 0 atom stereocenters. The standard InChI is InChI=1S/C21H16ClFN4O3/c1-11-20-17(25-27(21(20)30)18-7-6-13(23)8-16(18)22)10-19(29)26(11)15-5-3-4-14(9-15)24-12(2)28/h3-10,25H,1-2H3,(H,24,28). The molecule has 4 aromatic rings. The first-order valence-corrected chi connectivity index (χ1v) is 9.35. The molecule has 0 saturated heterocycles. The Morgan fingerprint density at radius 1 is 1.13 bits per heavy atom. The quantitative estimate of drug-likeness (QED) is 0.525. The normalized spacial score (nSPS) is 11.1. The first-order chi connectivity index (χ1) is 14.3. The molecule has 30 heavy (non-hydrogen) atoms. The number of aromatic amines is 1. The van der Waals surface area contributed by atoms with E-state index in [1.54, 1.807) is 31.2 Å². The molecule has 0 bridgehead atoms. The van der Waals surface area contributed by atoms with E-state index in [0.29, 0.717) is 28.0 Å². The molecular formula is C21H16ClFN4O3. The number of pyridine rings is 1. The van der Waals surface area contributed by atoms with Crippen LogP contribution in [0.4, 0.5) is 10.1 Å². The zero-order chi connectivity index (χ0) is 21.6. The van der Waals surface area contributed by atoms with Crippen molar-refractivity contribution in [3.63, 3.8) is 0 Å². The predicted octanol–water partition coefficient (Wildman–Crippen LogP) is 3.53. The minimum atomic E-state index is -0.525. The van der Waals surface area contributed by atoms with E-state index in [-0.39, 0.29) is 22.2 Å². The van der Waals surface area contributed by atoms with Crippen LogP contribution in [0.15, 0.2) is 58.1 Å². The van der Waals surface area contributed by atoms with Crippen LogP contribution >= 0.6 is 11.6 Å². The molecule has 152 valence electrons. The van der Waals surface area contributed by atoms with Crippen LogP contribution in [0.3, 0.4) is 0 Å². The molecule has 0 aliphatic carbocycles. The van der Waals surface area contributed by atoms with Gasteiger partial charge >= 0.3 is 0 Å². The summed E-state index contributed by atoms with van der Waals surface area (Å²) in [5.41, 5.74) is 1.24. The molecule has 0 unspecified atom stereocenters. The fourth-order valence-electron chi connectivity index (χ4n) is 3.45. The van der Waals surface area contributed by atoms with E-state index < -0.39 is 11.4 Å². The highest BCUT2D eigenvalue weighted by molar-refractivity contribution is 6.32. The van der Waals surface area contributed by atoms with E-state index in [1.165, 1.54) is 34.4 Å². The topological polar surface area (TPSA) is 88.9 Å². The molecule has 2 aromatic carbocycles. The van der Waals surface area contributed by atoms with Crippen LogP contribution in [0, 0.1) is 12.7 Å². The van der Waals surface area contributed by atoms with Crippen LogP contribution in [0.5, 0.6) is 0 Å². The van der Waals surface area contributed by atoms with Crippen molar-refractivity contribution in [3.05, 3.63) is 85.8 Å². The molecular weight excluding hydrogens is 411 g/mol. The van der Waals surface area contributed by atoms with Gasteiger partial charge in [0.1, 0.15) is 5.82 Å². The molecule has 2 N–H and O–H groups in total. The van der Waals surface area contributed by atoms with Gasteiger partial charge in [-0.1, -0.05) is 17.7 Å². The summed E-state index contributed by atoms with van der Waals surface area (Å²) in [5, 5.41) is 5.88. The molecule has 0 aliphatic rings. The number of amides is 1. The van der Waals surface area contributed by atoms with Gasteiger partial charge in [0, 0.05) is 24.4 Å². The summed E-state index contributed by atoms with van der Waals surface area (Å²) in [6, 6.07) is 11.7. The van der Waals surface area contributed by atoms with Crippen molar-refractivity contribution >= 4 is 34.1 Å². The average Bonchev–Trinajstić information content (AvgIpc) is 2.97. The highest BCUT2D eigenvalue weighted by Crippen LogP contribution is 2.23. The fourth-order valence-corrected chi connectivity index (χ4v) is 3.70. The number of benzene rings is 2. The molecule has 1 amide bonds. The van der Waals surface area contributed by atoms with Crippen LogP contribution in [0.25, 0.3) is 22.3 Å². The number of halogens is 2. The molecule has 9 heteroatoms. The molecule has 0 saturated carbocycles. The number of aromatic nitrogens is 3. The van der Waals surface area contributed by atoms with E-state index in [9.17, 15) is 18.8 Å². The maximum Gasteiger partial charge on any atom is 0.280 e. The number of nitrogens with one attached hydrogen (secondary N) is 2. The second-order valence-corrected chi connectivity index (χ2v) is 7.18. The third kappa shape index (κ3) is 3.31. The zero-order valence-corrected chi connectivity index (χ0v) is 16.7. The van der Waals surface area contributed by atoms with Crippen molar-refractivity contribution in [2.75, 3.05) is 5.32 Å². The van der Waals surface area contributed by atoms with E-state index in [4.69, 9.17) is 11.6 Å². The molecule has 0 spiro atoms. The van der Waals surface area contributed by atoms with Gasteiger partial charge in [-0.15, -0.1) is 0 Å². The molecule has 0 fully saturated rings. The summed E-state index contributed by atoms with van der Waals surface area (Å²) in [5.74, 6) is -0.765. The lowest BCUT2D eigenvalue weighted by molar-refractivity contribution is -0.114. The predicted molar refractivity (Wildman–Crippen MR) is 114 cm³/mol. The molecule has 0 radical (unpaired) electrons. The summed E-state index contributed by atoms with van der Waals surface area (Å²) in [4.78, 5) is 37.3. The Hall–Kier alpha value is -3.65. The maximum atomic E-state index is 13.4. The summed E-state index contributed by atoms with van der Waals surface area (Å²) in [7, 11) is 0. The Labute approximate surface area is 174 Å². The van der Waals surface area contributed by atoms with Gasteiger partial charge in [-0.2, -0.15) is 0 Å². The molecule has 4 rings (SSSR count). The Morgan fingerprint density at radius 2 is 1.90 bits per heavy atom. The van der Waals surface area contributed by atoms with Crippen molar-refractivity contribution in [3.8, 4) is 11.4 Å². The minimum absolute atomic E-state index is 0.0551. The van der Waals surface area contributed by atoms with Gasteiger partial charge in [0.05, 0.1) is 27.3 Å². The first kappa shape index (κ1) is 19.7. The number of hydrogen-bond acceptors (Lipinski definition) is 3. The fraction of sp³-hybridized carbons (Fsp3) is 0.0952. The third-order valence-corrected chi connectivity index (χ3v) is 4.98. The summed E-state index contributed by atoms with van der Waals surface area (Å²) < 4.78 is 16.0. The largest absolute Gasteiger partial charge is 0.326 e. The smallest absolute Gasteiger partial charge is 0.280 e. The Balaban J connectivity index is 1.95.